The molecule has 1 fully saturated rings. The summed E-state index contributed by atoms with van der Waals surface area (Å²) in [5, 5.41) is 0. The second-order valence-electron chi connectivity index (χ2n) is 5.51. The number of carbonyl (C=O) groups excluding carboxylic acids is 1. The van der Waals surface area contributed by atoms with Crippen LogP contribution in [0.1, 0.15) is 40.0 Å². The molecule has 0 spiro atoms. The summed E-state index contributed by atoms with van der Waals surface area (Å²) in [6.45, 7) is 8.30. The molecular weight excluding hydrogens is 210 g/mol. The van der Waals surface area contributed by atoms with Crippen molar-refractivity contribution in [2.45, 2.75) is 40.0 Å². The molecular formula is C12H22ClNO. The number of rotatable bonds is 3. The maximum Gasteiger partial charge on any atom is 0.222 e. The van der Waals surface area contributed by atoms with E-state index in [1.807, 2.05) is 4.90 Å². The smallest absolute Gasteiger partial charge is 0.222 e. The van der Waals surface area contributed by atoms with Crippen LogP contribution in [0, 0.1) is 11.3 Å². The standard InChI is InChI=1S/C12H22ClNO/c1-10(8-13)9-14-7-6-12(2,3)5-4-11(14)15/h10H,4-9H2,1-3H3. The van der Waals surface area contributed by atoms with Crippen molar-refractivity contribution in [3.05, 3.63) is 0 Å². The van der Waals surface area contributed by atoms with E-state index >= 15 is 0 Å². The third kappa shape index (κ3) is 4.02. The highest BCUT2D eigenvalue weighted by Gasteiger charge is 2.27. The molecule has 88 valence electrons. The minimum atomic E-state index is 0.303. The van der Waals surface area contributed by atoms with Crippen LogP contribution in [0.5, 0.6) is 0 Å². The van der Waals surface area contributed by atoms with Gasteiger partial charge in [-0.25, -0.2) is 0 Å². The monoisotopic (exact) mass is 231 g/mol. The van der Waals surface area contributed by atoms with Gasteiger partial charge in [0.25, 0.3) is 0 Å². The molecule has 3 heteroatoms. The first kappa shape index (κ1) is 12.8. The molecule has 1 atom stereocenters. The number of amides is 1. The van der Waals surface area contributed by atoms with Crippen molar-refractivity contribution in [1.29, 1.82) is 0 Å². The highest BCUT2D eigenvalue weighted by molar-refractivity contribution is 6.18. The van der Waals surface area contributed by atoms with Gasteiger partial charge in [-0.1, -0.05) is 20.8 Å². The zero-order valence-electron chi connectivity index (χ0n) is 10.1. The topological polar surface area (TPSA) is 20.3 Å². The third-order valence-electron chi connectivity index (χ3n) is 3.22. The summed E-state index contributed by atoms with van der Waals surface area (Å²) in [7, 11) is 0. The average Bonchev–Trinajstić information content (AvgIpc) is 2.31. The van der Waals surface area contributed by atoms with Gasteiger partial charge in [0, 0.05) is 25.4 Å². The highest BCUT2D eigenvalue weighted by atomic mass is 35.5. The Bertz CT molecular complexity index is 228. The Kier molecular flexibility index (Phi) is 4.45. The second kappa shape index (κ2) is 5.20. The van der Waals surface area contributed by atoms with Crippen LogP contribution in [0.4, 0.5) is 0 Å². The predicted octanol–water partition coefficient (Wildman–Crippen LogP) is 2.90. The van der Waals surface area contributed by atoms with Crippen molar-refractivity contribution in [3.8, 4) is 0 Å². The van der Waals surface area contributed by atoms with E-state index in [0.29, 0.717) is 29.5 Å². The van der Waals surface area contributed by atoms with Gasteiger partial charge < -0.3 is 4.90 Å². The van der Waals surface area contributed by atoms with E-state index in [9.17, 15) is 4.79 Å². The normalized spacial score (nSPS) is 23.7. The van der Waals surface area contributed by atoms with Crippen LogP contribution >= 0.6 is 11.6 Å². The molecule has 1 saturated heterocycles. The molecule has 0 bridgehead atoms. The van der Waals surface area contributed by atoms with E-state index in [-0.39, 0.29) is 0 Å². The van der Waals surface area contributed by atoms with Crippen LogP contribution in [0.15, 0.2) is 0 Å². The third-order valence-corrected chi connectivity index (χ3v) is 3.75. The van der Waals surface area contributed by atoms with Crippen molar-refractivity contribution in [2.24, 2.45) is 11.3 Å². The summed E-state index contributed by atoms with van der Waals surface area (Å²) < 4.78 is 0. The fraction of sp³-hybridized carbons (Fsp3) is 0.917. The SMILES string of the molecule is CC(CCl)CN1CCC(C)(C)CCC1=O. The Morgan fingerprint density at radius 1 is 1.47 bits per heavy atom. The summed E-state index contributed by atoms with van der Waals surface area (Å²) in [4.78, 5) is 13.8. The fourth-order valence-electron chi connectivity index (χ4n) is 1.91. The summed E-state index contributed by atoms with van der Waals surface area (Å²) >= 11 is 5.78. The second-order valence-corrected chi connectivity index (χ2v) is 5.82. The van der Waals surface area contributed by atoms with E-state index in [2.05, 4.69) is 20.8 Å². The minimum Gasteiger partial charge on any atom is -0.342 e. The molecule has 0 saturated carbocycles. The zero-order valence-corrected chi connectivity index (χ0v) is 10.8. The first-order valence-corrected chi connectivity index (χ1v) is 6.32. The maximum absolute atomic E-state index is 11.8. The van der Waals surface area contributed by atoms with E-state index < -0.39 is 0 Å². The van der Waals surface area contributed by atoms with E-state index in [4.69, 9.17) is 11.6 Å². The largest absolute Gasteiger partial charge is 0.342 e. The molecule has 1 rings (SSSR count). The Morgan fingerprint density at radius 3 is 2.73 bits per heavy atom. The van der Waals surface area contributed by atoms with Gasteiger partial charge in [-0.05, 0) is 24.2 Å². The van der Waals surface area contributed by atoms with Gasteiger partial charge >= 0.3 is 0 Å². The summed E-state index contributed by atoms with van der Waals surface area (Å²) in [5.41, 5.74) is 0.314. The van der Waals surface area contributed by atoms with Gasteiger partial charge in [-0.2, -0.15) is 0 Å². The lowest BCUT2D eigenvalue weighted by Gasteiger charge is -2.25. The molecule has 0 N–H and O–H groups in total. The van der Waals surface area contributed by atoms with Gasteiger partial charge in [0.2, 0.25) is 5.91 Å². The van der Waals surface area contributed by atoms with Crippen molar-refractivity contribution < 1.29 is 4.79 Å². The van der Waals surface area contributed by atoms with Crippen LogP contribution in [0.3, 0.4) is 0 Å². The molecule has 1 amide bonds. The first-order chi connectivity index (χ1) is 6.94. The molecule has 0 radical (unpaired) electrons. The number of alkyl halides is 1. The fourth-order valence-corrected chi connectivity index (χ4v) is 2.01. The van der Waals surface area contributed by atoms with E-state index in [0.717, 1.165) is 25.9 Å². The maximum atomic E-state index is 11.8. The number of likely N-dealkylation sites (tertiary alicyclic amines) is 1. The molecule has 1 unspecified atom stereocenters. The summed E-state index contributed by atoms with van der Waals surface area (Å²) in [6, 6.07) is 0. The van der Waals surface area contributed by atoms with Crippen LogP contribution in [0.25, 0.3) is 0 Å². The van der Waals surface area contributed by atoms with Crippen LogP contribution in [-0.2, 0) is 4.79 Å². The van der Waals surface area contributed by atoms with Gasteiger partial charge in [0.1, 0.15) is 0 Å². The Hall–Kier alpha value is -0.240. The molecule has 1 aliphatic rings. The molecule has 0 aliphatic carbocycles. The van der Waals surface area contributed by atoms with Crippen LogP contribution < -0.4 is 0 Å². The lowest BCUT2D eigenvalue weighted by atomic mass is 9.85. The van der Waals surface area contributed by atoms with Crippen LogP contribution in [0.2, 0.25) is 0 Å². The first-order valence-electron chi connectivity index (χ1n) is 5.78. The van der Waals surface area contributed by atoms with Gasteiger partial charge in [-0.3, -0.25) is 4.79 Å². The van der Waals surface area contributed by atoms with Gasteiger partial charge in [0.15, 0.2) is 0 Å². The van der Waals surface area contributed by atoms with Crippen molar-refractivity contribution >= 4 is 17.5 Å². The van der Waals surface area contributed by atoms with E-state index in [1.54, 1.807) is 0 Å². The summed E-state index contributed by atoms with van der Waals surface area (Å²) in [6.07, 6.45) is 2.81. The molecule has 1 heterocycles. The lowest BCUT2D eigenvalue weighted by Crippen LogP contribution is -2.34. The van der Waals surface area contributed by atoms with Gasteiger partial charge in [-0.15, -0.1) is 11.6 Å². The Balaban J connectivity index is 2.54. The molecule has 0 aromatic carbocycles. The predicted molar refractivity (Wildman–Crippen MR) is 64.1 cm³/mol. The number of hydrogen-bond acceptors (Lipinski definition) is 1. The van der Waals surface area contributed by atoms with Crippen molar-refractivity contribution in [2.75, 3.05) is 19.0 Å². The van der Waals surface area contributed by atoms with Crippen LogP contribution in [-0.4, -0.2) is 29.8 Å². The lowest BCUT2D eigenvalue weighted by molar-refractivity contribution is -0.131. The van der Waals surface area contributed by atoms with Crippen molar-refractivity contribution in [1.82, 2.24) is 4.90 Å². The zero-order chi connectivity index (χ0) is 11.5. The average molecular weight is 232 g/mol. The van der Waals surface area contributed by atoms with Gasteiger partial charge in [0.05, 0.1) is 0 Å². The summed E-state index contributed by atoms with van der Waals surface area (Å²) in [5.74, 6) is 1.34. The van der Waals surface area contributed by atoms with Crippen molar-refractivity contribution in [3.63, 3.8) is 0 Å². The molecule has 2 nitrogen and oxygen atoms in total. The number of carbonyl (C=O) groups is 1. The molecule has 1 aliphatic heterocycles. The molecule has 15 heavy (non-hydrogen) atoms. The molecule has 0 aromatic rings. The number of nitrogens with zero attached hydrogens (tertiary/aromatic N) is 1. The Morgan fingerprint density at radius 2 is 2.13 bits per heavy atom. The Labute approximate surface area is 98.0 Å². The quantitative estimate of drug-likeness (QED) is 0.684. The highest BCUT2D eigenvalue weighted by Crippen LogP contribution is 2.30. The minimum absolute atomic E-state index is 0.303. The molecule has 0 aromatic heterocycles. The number of halogens is 1. The number of hydrogen-bond donors (Lipinski definition) is 0. The van der Waals surface area contributed by atoms with E-state index in [1.165, 1.54) is 0 Å².